The molecule has 0 bridgehead atoms. The van der Waals surface area contributed by atoms with E-state index in [0.29, 0.717) is 17.7 Å². The summed E-state index contributed by atoms with van der Waals surface area (Å²) in [6, 6.07) is 14.2. The average molecular weight is 465 g/mol. The summed E-state index contributed by atoms with van der Waals surface area (Å²) in [5.74, 6) is 0.00941. The van der Waals surface area contributed by atoms with E-state index in [-0.39, 0.29) is 5.91 Å². The molecule has 0 saturated carbocycles. The van der Waals surface area contributed by atoms with Gasteiger partial charge < -0.3 is 4.74 Å². The predicted octanol–water partition coefficient (Wildman–Crippen LogP) is 7.37. The van der Waals surface area contributed by atoms with Crippen LogP contribution in [0.3, 0.4) is 0 Å². The van der Waals surface area contributed by atoms with Crippen molar-refractivity contribution in [1.29, 1.82) is 0 Å². The third kappa shape index (κ3) is 11.8. The second-order valence-corrected chi connectivity index (χ2v) is 8.90. The Balaban J connectivity index is 1.55. The second-order valence-electron chi connectivity index (χ2n) is 8.90. The summed E-state index contributed by atoms with van der Waals surface area (Å²) in [5, 5.41) is 4.03. The molecule has 5 nitrogen and oxygen atoms in total. The van der Waals surface area contributed by atoms with Crippen LogP contribution in [0.2, 0.25) is 0 Å². The van der Waals surface area contributed by atoms with Crippen LogP contribution in [0.15, 0.2) is 53.6 Å². The van der Waals surface area contributed by atoms with Crippen LogP contribution in [-0.4, -0.2) is 18.1 Å². The third-order valence-corrected chi connectivity index (χ3v) is 5.79. The molecule has 0 heterocycles. The molecule has 184 valence electrons. The maximum absolute atomic E-state index is 12.2. The molecule has 0 aliphatic heterocycles. The van der Waals surface area contributed by atoms with Crippen LogP contribution < -0.4 is 10.2 Å². The van der Waals surface area contributed by atoms with Gasteiger partial charge in [0.05, 0.1) is 11.8 Å². The monoisotopic (exact) mass is 464 g/mol. The van der Waals surface area contributed by atoms with Gasteiger partial charge >= 0.3 is 5.97 Å². The van der Waals surface area contributed by atoms with Crippen molar-refractivity contribution in [1.82, 2.24) is 5.43 Å². The molecule has 5 heteroatoms. The molecule has 0 saturated heterocycles. The average Bonchev–Trinajstić information content (AvgIpc) is 2.84. The van der Waals surface area contributed by atoms with Crippen LogP contribution in [-0.2, 0) is 4.79 Å². The van der Waals surface area contributed by atoms with E-state index in [4.69, 9.17) is 4.74 Å². The van der Waals surface area contributed by atoms with Crippen LogP contribution in [0, 0.1) is 6.92 Å². The number of hydrazone groups is 1. The Kier molecular flexibility index (Phi) is 13.4. The fourth-order valence-electron chi connectivity index (χ4n) is 3.66. The number of unbranched alkanes of at least 4 members (excludes halogenated alkanes) is 10. The van der Waals surface area contributed by atoms with Gasteiger partial charge in [-0.25, -0.2) is 10.2 Å². The summed E-state index contributed by atoms with van der Waals surface area (Å²) in [7, 11) is 0. The summed E-state index contributed by atoms with van der Waals surface area (Å²) < 4.78 is 5.39. The number of amides is 1. The zero-order valence-electron chi connectivity index (χ0n) is 20.9. The molecule has 0 radical (unpaired) electrons. The van der Waals surface area contributed by atoms with E-state index in [9.17, 15) is 9.59 Å². The van der Waals surface area contributed by atoms with Gasteiger partial charge in [-0.15, -0.1) is 0 Å². The summed E-state index contributed by atoms with van der Waals surface area (Å²) in [6.45, 7) is 4.22. The topological polar surface area (TPSA) is 67.8 Å². The molecule has 0 fully saturated rings. The lowest BCUT2D eigenvalue weighted by molar-refractivity contribution is -0.121. The number of rotatable bonds is 16. The number of esters is 1. The van der Waals surface area contributed by atoms with Crippen molar-refractivity contribution in [2.24, 2.45) is 5.10 Å². The van der Waals surface area contributed by atoms with Crippen molar-refractivity contribution < 1.29 is 14.3 Å². The Bertz CT molecular complexity index is 873. The quantitative estimate of drug-likeness (QED) is 0.0927. The van der Waals surface area contributed by atoms with Crippen molar-refractivity contribution in [2.45, 2.75) is 90.9 Å². The molecule has 34 heavy (non-hydrogen) atoms. The minimum atomic E-state index is -0.393. The van der Waals surface area contributed by atoms with Crippen molar-refractivity contribution in [2.75, 3.05) is 0 Å². The van der Waals surface area contributed by atoms with Gasteiger partial charge in [-0.05, 0) is 55.3 Å². The molecule has 0 aromatic heterocycles. The summed E-state index contributed by atoms with van der Waals surface area (Å²) in [4.78, 5) is 24.1. The summed E-state index contributed by atoms with van der Waals surface area (Å²) in [6.07, 6.45) is 16.0. The Morgan fingerprint density at radius 3 is 1.94 bits per heavy atom. The normalized spacial score (nSPS) is 11.0. The Hall–Kier alpha value is -2.95. The van der Waals surface area contributed by atoms with E-state index in [0.717, 1.165) is 24.0 Å². The van der Waals surface area contributed by atoms with Gasteiger partial charge in [-0.3, -0.25) is 4.79 Å². The number of nitrogens with zero attached hydrogens (tertiary/aromatic N) is 1. The highest BCUT2D eigenvalue weighted by Gasteiger charge is 2.08. The maximum atomic E-state index is 12.2. The molecule has 2 aromatic rings. The Labute approximate surface area is 205 Å². The lowest BCUT2D eigenvalue weighted by Crippen LogP contribution is -2.16. The number of aryl methyl sites for hydroxylation is 1. The van der Waals surface area contributed by atoms with Gasteiger partial charge in [0.1, 0.15) is 5.75 Å². The lowest BCUT2D eigenvalue weighted by Gasteiger charge is -2.05. The molecule has 1 N–H and O–H groups in total. The van der Waals surface area contributed by atoms with Gasteiger partial charge in [-0.2, -0.15) is 5.10 Å². The third-order valence-electron chi connectivity index (χ3n) is 5.79. The summed E-state index contributed by atoms with van der Waals surface area (Å²) >= 11 is 0. The highest BCUT2D eigenvalue weighted by molar-refractivity contribution is 5.91. The van der Waals surface area contributed by atoms with E-state index in [1.165, 1.54) is 57.8 Å². The zero-order valence-corrected chi connectivity index (χ0v) is 20.9. The first-order valence-corrected chi connectivity index (χ1v) is 12.8. The number of carbonyl (C=O) groups is 2. The number of hydrogen-bond donors (Lipinski definition) is 1. The molecule has 0 atom stereocenters. The summed E-state index contributed by atoms with van der Waals surface area (Å²) in [5.41, 5.74) is 4.99. The van der Waals surface area contributed by atoms with Crippen LogP contribution >= 0.6 is 0 Å². The van der Waals surface area contributed by atoms with Crippen LogP contribution in [0.1, 0.15) is 105 Å². The molecule has 0 unspecified atom stereocenters. The number of carbonyl (C=O) groups excluding carboxylic acids is 2. The second kappa shape index (κ2) is 16.6. The van der Waals surface area contributed by atoms with Gasteiger partial charge in [-0.1, -0.05) is 88.8 Å². The standard InChI is InChI=1S/C29H40N2O3/c1-3-4-5-6-7-8-9-10-11-12-13-14-28(32)31-30-23-25-17-21-27(22-18-25)34-29(33)26-19-15-24(2)16-20-26/h15-23H,3-14H2,1-2H3,(H,31,32). The molecule has 2 aromatic carbocycles. The first-order chi connectivity index (χ1) is 16.6. The van der Waals surface area contributed by atoms with Gasteiger partial charge in [0.25, 0.3) is 0 Å². The molecule has 0 aliphatic rings. The number of nitrogens with one attached hydrogen (secondary N) is 1. The molecular formula is C29H40N2O3. The Morgan fingerprint density at radius 1 is 0.794 bits per heavy atom. The first kappa shape index (κ1) is 27.3. The molecule has 0 aliphatic carbocycles. The zero-order chi connectivity index (χ0) is 24.4. The van der Waals surface area contributed by atoms with E-state index >= 15 is 0 Å². The van der Waals surface area contributed by atoms with Crippen molar-refractivity contribution in [3.8, 4) is 5.75 Å². The van der Waals surface area contributed by atoms with Gasteiger partial charge in [0.15, 0.2) is 0 Å². The fourth-order valence-corrected chi connectivity index (χ4v) is 3.66. The molecule has 1 amide bonds. The van der Waals surface area contributed by atoms with Gasteiger partial charge in [0.2, 0.25) is 5.91 Å². The number of hydrogen-bond acceptors (Lipinski definition) is 4. The SMILES string of the molecule is CCCCCCCCCCCCCC(=O)NN=Cc1ccc(OC(=O)c2ccc(C)cc2)cc1. The van der Waals surface area contributed by atoms with E-state index < -0.39 is 5.97 Å². The fraction of sp³-hybridized carbons (Fsp3) is 0.483. The Morgan fingerprint density at radius 2 is 1.35 bits per heavy atom. The van der Waals surface area contributed by atoms with Gasteiger partial charge in [0, 0.05) is 6.42 Å². The van der Waals surface area contributed by atoms with E-state index in [1.54, 1.807) is 42.6 Å². The number of benzene rings is 2. The highest BCUT2D eigenvalue weighted by atomic mass is 16.5. The minimum Gasteiger partial charge on any atom is -0.423 e. The van der Waals surface area contributed by atoms with E-state index in [2.05, 4.69) is 17.5 Å². The molecular weight excluding hydrogens is 424 g/mol. The molecule has 0 spiro atoms. The predicted molar refractivity (Wildman–Crippen MR) is 139 cm³/mol. The van der Waals surface area contributed by atoms with Crippen molar-refractivity contribution in [3.05, 3.63) is 65.2 Å². The first-order valence-electron chi connectivity index (χ1n) is 12.8. The smallest absolute Gasteiger partial charge is 0.343 e. The molecule has 2 rings (SSSR count). The lowest BCUT2D eigenvalue weighted by atomic mass is 10.1. The maximum Gasteiger partial charge on any atom is 0.343 e. The van der Waals surface area contributed by atoms with Crippen molar-refractivity contribution in [3.63, 3.8) is 0 Å². The minimum absolute atomic E-state index is 0.0594. The number of ether oxygens (including phenoxy) is 1. The van der Waals surface area contributed by atoms with Crippen molar-refractivity contribution >= 4 is 18.1 Å². The largest absolute Gasteiger partial charge is 0.423 e. The van der Waals surface area contributed by atoms with Crippen LogP contribution in [0.25, 0.3) is 0 Å². The van der Waals surface area contributed by atoms with Crippen LogP contribution in [0.4, 0.5) is 0 Å². The van der Waals surface area contributed by atoms with E-state index in [1.807, 2.05) is 19.1 Å². The highest BCUT2D eigenvalue weighted by Crippen LogP contribution is 2.14. The van der Waals surface area contributed by atoms with Crippen LogP contribution in [0.5, 0.6) is 5.75 Å².